The van der Waals surface area contributed by atoms with Crippen LogP contribution in [0.15, 0.2) is 41.3 Å². The number of aryl methyl sites for hydroxylation is 1. The third-order valence-electron chi connectivity index (χ3n) is 4.12. The van der Waals surface area contributed by atoms with Gasteiger partial charge in [0.15, 0.2) is 12.2 Å². The number of amides is 1. The smallest absolute Gasteiger partial charge is 0.274 e. The molecule has 0 aliphatic heterocycles. The van der Waals surface area contributed by atoms with Gasteiger partial charge in [0.1, 0.15) is 17.1 Å². The molecule has 0 spiro atoms. The molecule has 0 radical (unpaired) electrons. The van der Waals surface area contributed by atoms with Crippen molar-refractivity contribution in [2.24, 2.45) is 0 Å². The Morgan fingerprint density at radius 1 is 1.32 bits per heavy atom. The van der Waals surface area contributed by atoms with Gasteiger partial charge >= 0.3 is 0 Å². The Hall–Kier alpha value is -4.01. The molecule has 3 rings (SSSR count). The number of nitrogens with one attached hydrogen (secondary N) is 4. The van der Waals surface area contributed by atoms with Gasteiger partial charge in [0, 0.05) is 30.2 Å². The zero-order valence-electron chi connectivity index (χ0n) is 15.3. The first-order chi connectivity index (χ1) is 13.4. The number of pyridine rings is 1. The average molecular weight is 377 g/mol. The molecule has 6 N–H and O–H groups in total. The highest BCUT2D eigenvalue weighted by Crippen LogP contribution is 2.23. The summed E-state index contributed by atoms with van der Waals surface area (Å²) in [5.74, 6) is -0.156. The van der Waals surface area contributed by atoms with Crippen LogP contribution in [0.4, 0.5) is 17.1 Å². The molecular weight excluding hydrogens is 358 g/mol. The Balaban J connectivity index is 1.90. The minimum atomic E-state index is -0.426. The first-order valence-electron chi connectivity index (χ1n) is 8.33. The molecular formula is C19H19N7O2. The maximum Gasteiger partial charge on any atom is 0.274 e. The van der Waals surface area contributed by atoms with Crippen LogP contribution in [0.2, 0.25) is 0 Å². The number of anilines is 3. The molecule has 0 bridgehead atoms. The summed E-state index contributed by atoms with van der Waals surface area (Å²) in [5, 5.41) is 21.4. The summed E-state index contributed by atoms with van der Waals surface area (Å²) in [5.41, 5.74) is 9.17. The molecule has 28 heavy (non-hydrogen) atoms. The Kier molecular flexibility index (Phi) is 5.16. The molecule has 2 heterocycles. The van der Waals surface area contributed by atoms with Crippen LogP contribution in [-0.4, -0.2) is 34.8 Å². The number of carbonyl (C=O) groups excluding carboxylic acids is 1. The standard InChI is InChI=1S/C19H19N7O2/c1-10-5-14(23-2)15(7-20)26-18(10)19(27)25-11-3-4-13(21)12(6-11)17(22)16-8-24-9-28-16/h3-9,20,22-23H,21H2,1-2H3,(H,25,27). The van der Waals surface area contributed by atoms with Gasteiger partial charge in [0.2, 0.25) is 0 Å². The van der Waals surface area contributed by atoms with E-state index in [-0.39, 0.29) is 17.2 Å². The zero-order valence-corrected chi connectivity index (χ0v) is 15.3. The van der Waals surface area contributed by atoms with Gasteiger partial charge < -0.3 is 26.2 Å². The Bertz CT molecular complexity index is 1060. The van der Waals surface area contributed by atoms with E-state index in [1.807, 2.05) is 0 Å². The van der Waals surface area contributed by atoms with Gasteiger partial charge in [-0.05, 0) is 36.8 Å². The molecule has 0 saturated heterocycles. The average Bonchev–Trinajstić information content (AvgIpc) is 3.23. The van der Waals surface area contributed by atoms with Gasteiger partial charge in [-0.3, -0.25) is 10.2 Å². The molecule has 0 aliphatic carbocycles. The number of hydrogen-bond acceptors (Lipinski definition) is 8. The highest BCUT2D eigenvalue weighted by Gasteiger charge is 2.17. The van der Waals surface area contributed by atoms with Gasteiger partial charge in [-0.1, -0.05) is 0 Å². The minimum absolute atomic E-state index is 0.0601. The molecule has 0 fully saturated rings. The fourth-order valence-corrected chi connectivity index (χ4v) is 2.68. The van der Waals surface area contributed by atoms with Crippen molar-refractivity contribution in [1.82, 2.24) is 9.97 Å². The fraction of sp³-hybridized carbons (Fsp3) is 0.105. The molecule has 0 aliphatic rings. The Morgan fingerprint density at radius 3 is 2.75 bits per heavy atom. The number of oxazole rings is 1. The lowest BCUT2D eigenvalue weighted by molar-refractivity contribution is 0.102. The number of aromatic nitrogens is 2. The van der Waals surface area contributed by atoms with Crippen LogP contribution in [0.1, 0.15) is 33.1 Å². The van der Waals surface area contributed by atoms with Gasteiger partial charge in [-0.15, -0.1) is 0 Å². The third kappa shape index (κ3) is 3.58. The van der Waals surface area contributed by atoms with Gasteiger partial charge in [0.05, 0.1) is 11.9 Å². The Morgan fingerprint density at radius 2 is 2.11 bits per heavy atom. The molecule has 0 unspecified atom stereocenters. The quantitative estimate of drug-likeness (QED) is 0.329. The molecule has 1 aromatic carbocycles. The first kappa shape index (κ1) is 18.8. The van der Waals surface area contributed by atoms with Crippen molar-refractivity contribution < 1.29 is 9.21 Å². The number of nitrogens with zero attached hydrogens (tertiary/aromatic N) is 2. The molecule has 142 valence electrons. The van der Waals surface area contributed by atoms with Crippen molar-refractivity contribution in [2.45, 2.75) is 6.92 Å². The lowest BCUT2D eigenvalue weighted by Gasteiger charge is -2.12. The van der Waals surface area contributed by atoms with E-state index in [4.69, 9.17) is 21.0 Å². The molecule has 2 aromatic heterocycles. The predicted molar refractivity (Wildman–Crippen MR) is 108 cm³/mol. The molecule has 1 amide bonds. The molecule has 3 aromatic rings. The van der Waals surface area contributed by atoms with Gasteiger partial charge in [-0.2, -0.15) is 0 Å². The number of hydrogen-bond donors (Lipinski definition) is 5. The summed E-state index contributed by atoms with van der Waals surface area (Å²) in [6.45, 7) is 1.77. The summed E-state index contributed by atoms with van der Waals surface area (Å²) in [6, 6.07) is 6.59. The largest absolute Gasteiger partial charge is 0.442 e. The number of rotatable bonds is 6. The zero-order chi connectivity index (χ0) is 20.3. The van der Waals surface area contributed by atoms with Crippen LogP contribution >= 0.6 is 0 Å². The van der Waals surface area contributed by atoms with Crippen molar-refractivity contribution in [3.63, 3.8) is 0 Å². The molecule has 9 nitrogen and oxygen atoms in total. The number of nitrogens with two attached hydrogens (primary N) is 1. The highest BCUT2D eigenvalue weighted by molar-refractivity contribution is 6.13. The number of nitrogen functional groups attached to an aromatic ring is 1. The van der Waals surface area contributed by atoms with E-state index in [0.717, 1.165) is 6.21 Å². The van der Waals surface area contributed by atoms with E-state index < -0.39 is 5.91 Å². The van der Waals surface area contributed by atoms with E-state index in [0.29, 0.717) is 33.9 Å². The van der Waals surface area contributed by atoms with Crippen LogP contribution < -0.4 is 16.4 Å². The predicted octanol–water partition coefficient (Wildman–Crippen LogP) is 2.67. The van der Waals surface area contributed by atoms with Crippen molar-refractivity contribution in [1.29, 1.82) is 10.8 Å². The van der Waals surface area contributed by atoms with E-state index in [1.165, 1.54) is 12.6 Å². The number of benzene rings is 1. The Labute approximate surface area is 161 Å². The third-order valence-corrected chi connectivity index (χ3v) is 4.12. The second-order valence-corrected chi connectivity index (χ2v) is 5.98. The lowest BCUT2D eigenvalue weighted by Crippen LogP contribution is -2.17. The van der Waals surface area contributed by atoms with Crippen molar-refractivity contribution in [3.8, 4) is 0 Å². The van der Waals surface area contributed by atoms with Gasteiger partial charge in [-0.25, -0.2) is 9.97 Å². The molecule has 0 atom stereocenters. The minimum Gasteiger partial charge on any atom is -0.442 e. The maximum absolute atomic E-state index is 12.7. The van der Waals surface area contributed by atoms with Crippen molar-refractivity contribution in [2.75, 3.05) is 23.4 Å². The van der Waals surface area contributed by atoms with E-state index in [1.54, 1.807) is 38.2 Å². The summed E-state index contributed by atoms with van der Waals surface area (Å²) in [4.78, 5) is 20.8. The highest BCUT2D eigenvalue weighted by atomic mass is 16.3. The van der Waals surface area contributed by atoms with Crippen LogP contribution in [0.5, 0.6) is 0 Å². The summed E-state index contributed by atoms with van der Waals surface area (Å²) in [6.07, 6.45) is 3.74. The lowest BCUT2D eigenvalue weighted by atomic mass is 10.1. The van der Waals surface area contributed by atoms with Crippen molar-refractivity contribution >= 4 is 34.9 Å². The van der Waals surface area contributed by atoms with E-state index in [2.05, 4.69) is 20.6 Å². The van der Waals surface area contributed by atoms with Crippen molar-refractivity contribution in [3.05, 3.63) is 65.1 Å². The number of carbonyl (C=O) groups is 1. The van der Waals surface area contributed by atoms with E-state index >= 15 is 0 Å². The van der Waals surface area contributed by atoms with Crippen LogP contribution in [-0.2, 0) is 0 Å². The topological polar surface area (TPSA) is 154 Å². The summed E-state index contributed by atoms with van der Waals surface area (Å²) < 4.78 is 5.14. The molecule has 9 heteroatoms. The maximum atomic E-state index is 12.7. The van der Waals surface area contributed by atoms with Crippen LogP contribution in [0.25, 0.3) is 0 Å². The van der Waals surface area contributed by atoms with E-state index in [9.17, 15) is 4.79 Å². The second kappa shape index (κ2) is 7.70. The first-order valence-corrected chi connectivity index (χ1v) is 8.33. The SMILES string of the molecule is CNc1cc(C)c(C(=O)Nc2ccc(N)c(C(=N)c3cnco3)c2)nc1C=N. The summed E-state index contributed by atoms with van der Waals surface area (Å²) in [7, 11) is 1.72. The second-order valence-electron chi connectivity index (χ2n) is 5.98. The van der Waals surface area contributed by atoms with Crippen LogP contribution in [0.3, 0.4) is 0 Å². The summed E-state index contributed by atoms with van der Waals surface area (Å²) >= 11 is 0. The normalized spacial score (nSPS) is 10.4. The molecule has 0 saturated carbocycles. The van der Waals surface area contributed by atoms with Crippen LogP contribution in [0, 0.1) is 17.7 Å². The van der Waals surface area contributed by atoms with Gasteiger partial charge in [0.25, 0.3) is 5.91 Å². The monoisotopic (exact) mass is 377 g/mol. The fourth-order valence-electron chi connectivity index (χ4n) is 2.68.